The van der Waals surface area contributed by atoms with Crippen LogP contribution in [0.15, 0.2) is 87.7 Å². The minimum Gasteiger partial charge on any atom is -0.376 e. The van der Waals surface area contributed by atoms with Crippen LogP contribution >= 0.6 is 23.4 Å². The summed E-state index contributed by atoms with van der Waals surface area (Å²) in [5.74, 6) is -0.334. The lowest BCUT2D eigenvalue weighted by Crippen LogP contribution is -2.25. The predicted octanol–water partition coefficient (Wildman–Crippen LogP) is 4.96. The molecular weight excluding hydrogens is 424 g/mol. The molecule has 7 nitrogen and oxygen atoms in total. The van der Waals surface area contributed by atoms with E-state index in [2.05, 4.69) is 15.8 Å². The molecule has 9 heteroatoms. The minimum atomic E-state index is -0.446. The molecule has 152 valence electrons. The number of nitrogens with one attached hydrogen (secondary N) is 2. The Kier molecular flexibility index (Phi) is 7.42. The first kappa shape index (κ1) is 21.4. The van der Waals surface area contributed by atoms with Gasteiger partial charge in [-0.2, -0.15) is 5.10 Å². The fraction of sp³-hybridized carbons (Fsp3) is 0.0476. The van der Waals surface area contributed by atoms with Crippen LogP contribution in [-0.4, -0.2) is 23.6 Å². The Morgan fingerprint density at radius 2 is 1.83 bits per heavy atom. The van der Waals surface area contributed by atoms with E-state index in [1.807, 2.05) is 30.3 Å². The van der Waals surface area contributed by atoms with Gasteiger partial charge in [0, 0.05) is 27.2 Å². The van der Waals surface area contributed by atoms with Crippen molar-refractivity contribution in [1.29, 1.82) is 0 Å². The van der Waals surface area contributed by atoms with Gasteiger partial charge in [0.15, 0.2) is 0 Å². The fourth-order valence-electron chi connectivity index (χ4n) is 2.43. The Morgan fingerprint density at radius 1 is 1.10 bits per heavy atom. The first-order valence-electron chi connectivity index (χ1n) is 8.84. The predicted molar refractivity (Wildman–Crippen MR) is 119 cm³/mol. The molecule has 0 heterocycles. The number of carbonyl (C=O) groups excluding carboxylic acids is 1. The Labute approximate surface area is 182 Å². The van der Waals surface area contributed by atoms with Crippen molar-refractivity contribution in [1.82, 2.24) is 5.43 Å². The summed E-state index contributed by atoms with van der Waals surface area (Å²) < 4.78 is 0. The van der Waals surface area contributed by atoms with Crippen LogP contribution < -0.4 is 10.7 Å². The van der Waals surface area contributed by atoms with Gasteiger partial charge in [0.25, 0.3) is 11.6 Å². The SMILES string of the molecule is O=C(CNc1ccccc1)NN=Cc1ccc(Sc2ccc(Cl)cc2)c([N+](=O)[O-])c1. The van der Waals surface area contributed by atoms with Crippen LogP contribution in [-0.2, 0) is 4.79 Å². The third-order valence-corrected chi connectivity index (χ3v) is 5.18. The van der Waals surface area contributed by atoms with Crippen molar-refractivity contribution < 1.29 is 9.72 Å². The van der Waals surface area contributed by atoms with Crippen molar-refractivity contribution in [2.75, 3.05) is 11.9 Å². The van der Waals surface area contributed by atoms with E-state index >= 15 is 0 Å². The molecule has 2 N–H and O–H groups in total. The number of nitro groups is 1. The maximum atomic E-state index is 11.9. The van der Waals surface area contributed by atoms with Crippen molar-refractivity contribution in [3.63, 3.8) is 0 Å². The molecule has 0 fully saturated rings. The van der Waals surface area contributed by atoms with Crippen LogP contribution in [0.5, 0.6) is 0 Å². The van der Waals surface area contributed by atoms with Crippen molar-refractivity contribution in [2.45, 2.75) is 9.79 Å². The third kappa shape index (κ3) is 6.33. The van der Waals surface area contributed by atoms with Crippen molar-refractivity contribution in [2.24, 2.45) is 5.10 Å². The van der Waals surface area contributed by atoms with Gasteiger partial charge in [-0.1, -0.05) is 47.6 Å². The molecule has 0 unspecified atom stereocenters. The summed E-state index contributed by atoms with van der Waals surface area (Å²) >= 11 is 7.14. The Balaban J connectivity index is 1.61. The number of hydrogen-bond acceptors (Lipinski definition) is 6. The zero-order valence-corrected chi connectivity index (χ0v) is 17.2. The highest BCUT2D eigenvalue weighted by molar-refractivity contribution is 7.99. The number of halogens is 1. The number of rotatable bonds is 8. The molecule has 0 spiro atoms. The molecule has 0 aromatic heterocycles. The highest BCUT2D eigenvalue weighted by atomic mass is 35.5. The van der Waals surface area contributed by atoms with E-state index in [1.165, 1.54) is 24.0 Å². The molecule has 0 bridgehead atoms. The molecule has 3 rings (SSSR count). The monoisotopic (exact) mass is 440 g/mol. The summed E-state index contributed by atoms with van der Waals surface area (Å²) in [5, 5.41) is 18.9. The van der Waals surface area contributed by atoms with Gasteiger partial charge in [-0.15, -0.1) is 0 Å². The molecule has 0 radical (unpaired) electrons. The van der Waals surface area contributed by atoms with Gasteiger partial charge in [0.2, 0.25) is 0 Å². The molecule has 1 amide bonds. The van der Waals surface area contributed by atoms with Crippen LogP contribution in [0.4, 0.5) is 11.4 Å². The van der Waals surface area contributed by atoms with Gasteiger partial charge < -0.3 is 5.32 Å². The topological polar surface area (TPSA) is 96.6 Å². The summed E-state index contributed by atoms with van der Waals surface area (Å²) in [6.07, 6.45) is 1.37. The molecule has 3 aromatic carbocycles. The van der Waals surface area contributed by atoms with E-state index in [0.717, 1.165) is 10.6 Å². The van der Waals surface area contributed by atoms with E-state index in [4.69, 9.17) is 11.6 Å². The average molecular weight is 441 g/mol. The largest absolute Gasteiger partial charge is 0.376 e. The summed E-state index contributed by atoms with van der Waals surface area (Å²) in [6.45, 7) is 0.0537. The number of amides is 1. The second-order valence-corrected chi connectivity index (χ2v) is 7.60. The number of carbonyl (C=O) groups is 1. The number of hydrazone groups is 1. The summed E-state index contributed by atoms with van der Waals surface area (Å²) in [6, 6.07) is 21.1. The minimum absolute atomic E-state index is 0.0454. The quantitative estimate of drug-likeness (QED) is 0.293. The smallest absolute Gasteiger partial charge is 0.283 e. The van der Waals surface area contributed by atoms with Crippen LogP contribution in [0, 0.1) is 10.1 Å². The highest BCUT2D eigenvalue weighted by Crippen LogP contribution is 2.35. The number of benzene rings is 3. The van der Waals surface area contributed by atoms with Crippen molar-refractivity contribution in [3.05, 3.63) is 93.5 Å². The summed E-state index contributed by atoms with van der Waals surface area (Å²) in [5.41, 5.74) is 3.66. The lowest BCUT2D eigenvalue weighted by atomic mass is 10.2. The van der Waals surface area contributed by atoms with Crippen LogP contribution in [0.3, 0.4) is 0 Å². The number of hydrogen-bond donors (Lipinski definition) is 2. The van der Waals surface area contributed by atoms with E-state index < -0.39 is 4.92 Å². The fourth-order valence-corrected chi connectivity index (χ4v) is 3.46. The molecule has 0 saturated heterocycles. The molecule has 0 aliphatic carbocycles. The maximum Gasteiger partial charge on any atom is 0.283 e. The van der Waals surface area contributed by atoms with E-state index in [0.29, 0.717) is 15.5 Å². The van der Waals surface area contributed by atoms with Gasteiger partial charge in [0.1, 0.15) is 0 Å². The lowest BCUT2D eigenvalue weighted by molar-refractivity contribution is -0.387. The Morgan fingerprint density at radius 3 is 2.53 bits per heavy atom. The molecular formula is C21H17ClN4O3S. The Bertz CT molecular complexity index is 1060. The molecule has 0 aliphatic heterocycles. The second kappa shape index (κ2) is 10.4. The molecule has 0 aliphatic rings. The van der Waals surface area contributed by atoms with Gasteiger partial charge in [-0.25, -0.2) is 5.43 Å². The maximum absolute atomic E-state index is 11.9. The first-order valence-corrected chi connectivity index (χ1v) is 10.0. The van der Waals surface area contributed by atoms with Crippen LogP contribution in [0.1, 0.15) is 5.56 Å². The van der Waals surface area contributed by atoms with E-state index in [-0.39, 0.29) is 18.1 Å². The van der Waals surface area contributed by atoms with Crippen LogP contribution in [0.2, 0.25) is 5.02 Å². The van der Waals surface area contributed by atoms with E-state index in [9.17, 15) is 14.9 Å². The summed E-state index contributed by atoms with van der Waals surface area (Å²) in [4.78, 5) is 24.2. The zero-order chi connectivity index (χ0) is 21.3. The van der Waals surface area contributed by atoms with Gasteiger partial charge in [-0.3, -0.25) is 14.9 Å². The number of nitro benzene ring substituents is 1. The third-order valence-electron chi connectivity index (χ3n) is 3.85. The van der Waals surface area contributed by atoms with Crippen LogP contribution in [0.25, 0.3) is 0 Å². The number of anilines is 1. The molecule has 3 aromatic rings. The average Bonchev–Trinajstić information content (AvgIpc) is 2.75. The normalized spacial score (nSPS) is 10.7. The van der Waals surface area contributed by atoms with Crippen molar-refractivity contribution in [3.8, 4) is 0 Å². The summed E-state index contributed by atoms with van der Waals surface area (Å²) in [7, 11) is 0. The second-order valence-electron chi connectivity index (χ2n) is 6.05. The number of nitrogens with zero attached hydrogens (tertiary/aromatic N) is 2. The molecule has 0 atom stereocenters. The van der Waals surface area contributed by atoms with Gasteiger partial charge >= 0.3 is 0 Å². The molecule has 30 heavy (non-hydrogen) atoms. The lowest BCUT2D eigenvalue weighted by Gasteiger charge is -2.05. The van der Waals surface area contributed by atoms with E-state index in [1.54, 1.807) is 36.4 Å². The zero-order valence-electron chi connectivity index (χ0n) is 15.6. The first-order chi connectivity index (χ1) is 14.5. The van der Waals surface area contributed by atoms with Gasteiger partial charge in [-0.05, 0) is 42.5 Å². The highest BCUT2D eigenvalue weighted by Gasteiger charge is 2.15. The Hall–Kier alpha value is -3.36. The standard InChI is InChI=1S/C21H17ClN4O3S/c22-16-7-9-18(10-8-16)30-20-11-6-15(12-19(20)26(28)29)13-24-25-21(27)14-23-17-4-2-1-3-5-17/h1-13,23H,14H2,(H,25,27). The molecule has 0 saturated carbocycles. The van der Waals surface area contributed by atoms with Crippen molar-refractivity contribution >= 4 is 46.9 Å². The number of para-hydroxylation sites is 1. The van der Waals surface area contributed by atoms with Gasteiger partial charge in [0.05, 0.1) is 22.6 Å².